The minimum Gasteiger partial charge on any atom is -0.437 e. The summed E-state index contributed by atoms with van der Waals surface area (Å²) >= 11 is 0. The third-order valence-corrected chi connectivity index (χ3v) is 8.93. The zero-order valence-corrected chi connectivity index (χ0v) is 24.9. The van der Waals surface area contributed by atoms with Gasteiger partial charge in [-0.3, -0.25) is 13.5 Å². The van der Waals surface area contributed by atoms with Crippen LogP contribution in [0.25, 0.3) is 61.1 Å². The molecule has 5 aromatic heterocycles. The van der Waals surface area contributed by atoms with Crippen molar-refractivity contribution in [3.8, 4) is 22.6 Å². The normalized spacial score (nSPS) is 12.0. The molecule has 1 N–H and O–H groups in total. The highest BCUT2D eigenvalue weighted by molar-refractivity contribution is 7.92. The molecule has 0 atom stereocenters. The summed E-state index contributed by atoms with van der Waals surface area (Å²) in [6.07, 6.45) is 2.69. The number of sulfonamides is 1. The molecule has 10 nitrogen and oxygen atoms in total. The second kappa shape index (κ2) is 9.85. The van der Waals surface area contributed by atoms with Crippen molar-refractivity contribution in [3.63, 3.8) is 0 Å². The molecule has 0 aliphatic heterocycles. The molecule has 44 heavy (non-hydrogen) atoms. The van der Waals surface area contributed by atoms with Crippen LogP contribution in [0.4, 0.5) is 10.2 Å². The number of carbonyl (C=O) groups excluding carboxylic acids is 1. The maximum absolute atomic E-state index is 14.7. The number of aryl methyl sites for hydroxylation is 1. The summed E-state index contributed by atoms with van der Waals surface area (Å²) in [6.45, 7) is 1.95. The average molecular weight is 609 g/mol. The molecule has 7 aromatic rings. The van der Waals surface area contributed by atoms with Gasteiger partial charge in [-0.2, -0.15) is 4.98 Å². The van der Waals surface area contributed by atoms with Gasteiger partial charge in [0.2, 0.25) is 15.7 Å². The molecule has 0 spiro atoms. The van der Waals surface area contributed by atoms with Crippen LogP contribution in [0.15, 0.2) is 77.5 Å². The quantitative estimate of drug-likeness (QED) is 0.265. The first-order valence-electron chi connectivity index (χ1n) is 13.6. The summed E-state index contributed by atoms with van der Waals surface area (Å²) < 4.78 is 49.2. The number of furan rings is 1. The number of benzene rings is 2. The van der Waals surface area contributed by atoms with Gasteiger partial charge in [-0.25, -0.2) is 22.8 Å². The van der Waals surface area contributed by atoms with Gasteiger partial charge in [0.15, 0.2) is 5.82 Å². The van der Waals surface area contributed by atoms with Crippen molar-refractivity contribution in [1.82, 2.24) is 24.7 Å². The van der Waals surface area contributed by atoms with Gasteiger partial charge in [0.25, 0.3) is 5.91 Å². The van der Waals surface area contributed by atoms with E-state index < -0.39 is 15.9 Å². The van der Waals surface area contributed by atoms with Gasteiger partial charge in [-0.05, 0) is 43.3 Å². The molecule has 0 aliphatic rings. The Labute approximate surface area is 250 Å². The first kappa shape index (κ1) is 27.5. The number of hydrogen-bond donors (Lipinski definition) is 1. The van der Waals surface area contributed by atoms with E-state index in [1.54, 1.807) is 47.1 Å². The lowest BCUT2D eigenvalue weighted by molar-refractivity contribution is 0.0964. The predicted octanol–water partition coefficient (Wildman–Crippen LogP) is 5.71. The topological polar surface area (TPSA) is 123 Å². The second-order valence-corrected chi connectivity index (χ2v) is 12.6. The summed E-state index contributed by atoms with van der Waals surface area (Å²) in [6, 6.07) is 19.2. The summed E-state index contributed by atoms with van der Waals surface area (Å²) in [7, 11) is -0.861. The standard InChI is InChI=1S/C32H25FN6O4S/c1-17-8-10-18(11-9-17)29-27(31(40)34-2)21-14-20(30(37-32(21)43-29)38(3)44(4,41)42)23-12-13-24-28(36-23)26-15-19-22(33)6-5-7-25(19)39(26)16-35-24/h5-16H,1-4H3,(H,34,40). The summed E-state index contributed by atoms with van der Waals surface area (Å²) in [5, 5.41) is 3.48. The molecule has 1 amide bonds. The van der Waals surface area contributed by atoms with Gasteiger partial charge >= 0.3 is 0 Å². The molecule has 0 saturated carbocycles. The third-order valence-electron chi connectivity index (χ3n) is 7.76. The predicted molar refractivity (Wildman–Crippen MR) is 168 cm³/mol. The van der Waals surface area contributed by atoms with E-state index in [0.29, 0.717) is 55.4 Å². The van der Waals surface area contributed by atoms with Crippen LogP contribution in [-0.4, -0.2) is 54.0 Å². The Balaban J connectivity index is 1.54. The SMILES string of the molecule is CNC(=O)c1c(-c2ccc(C)cc2)oc2nc(N(C)S(C)(=O)=O)c(-c3ccc4ncn5c6cccc(F)c6cc5c4n3)cc12. The van der Waals surface area contributed by atoms with E-state index in [2.05, 4.69) is 15.3 Å². The van der Waals surface area contributed by atoms with Crippen LogP contribution in [0.3, 0.4) is 0 Å². The second-order valence-electron chi connectivity index (χ2n) is 10.6. The molecule has 0 saturated heterocycles. The summed E-state index contributed by atoms with van der Waals surface area (Å²) in [4.78, 5) is 27.3. The molecule has 5 heterocycles. The first-order chi connectivity index (χ1) is 21.0. The molecule has 0 bridgehead atoms. The van der Waals surface area contributed by atoms with Crippen LogP contribution in [0, 0.1) is 12.7 Å². The number of anilines is 1. The molecule has 220 valence electrons. The number of fused-ring (bicyclic) bond motifs is 6. The third kappa shape index (κ3) is 4.25. The van der Waals surface area contributed by atoms with Gasteiger partial charge < -0.3 is 9.73 Å². The number of nitrogens with zero attached hydrogens (tertiary/aromatic N) is 5. The van der Waals surface area contributed by atoms with E-state index in [1.165, 1.54) is 20.2 Å². The number of pyridine rings is 2. The van der Waals surface area contributed by atoms with Gasteiger partial charge in [0.1, 0.15) is 23.4 Å². The van der Waals surface area contributed by atoms with Gasteiger partial charge in [-0.15, -0.1) is 0 Å². The smallest absolute Gasteiger partial charge is 0.255 e. The van der Waals surface area contributed by atoms with E-state index >= 15 is 0 Å². The van der Waals surface area contributed by atoms with Crippen molar-refractivity contribution < 1.29 is 22.0 Å². The zero-order valence-electron chi connectivity index (χ0n) is 24.1. The van der Waals surface area contributed by atoms with Crippen LogP contribution < -0.4 is 9.62 Å². The maximum atomic E-state index is 14.7. The fraction of sp³-hybridized carbons (Fsp3) is 0.125. The fourth-order valence-corrected chi connectivity index (χ4v) is 5.85. The molecule has 0 aliphatic carbocycles. The van der Waals surface area contributed by atoms with Crippen molar-refractivity contribution in [2.75, 3.05) is 24.7 Å². The minimum atomic E-state index is -3.77. The number of hydrogen-bond acceptors (Lipinski definition) is 7. The summed E-state index contributed by atoms with van der Waals surface area (Å²) in [5.41, 5.74) is 5.07. The van der Waals surface area contributed by atoms with E-state index in [4.69, 9.17) is 9.40 Å². The van der Waals surface area contributed by atoms with Crippen LogP contribution in [0.2, 0.25) is 0 Å². The molecule has 0 unspecified atom stereocenters. The lowest BCUT2D eigenvalue weighted by atomic mass is 10.0. The van der Waals surface area contributed by atoms with E-state index in [-0.39, 0.29) is 22.9 Å². The van der Waals surface area contributed by atoms with E-state index in [1.807, 2.05) is 31.2 Å². The van der Waals surface area contributed by atoms with Crippen molar-refractivity contribution in [1.29, 1.82) is 0 Å². The minimum absolute atomic E-state index is 0.0611. The largest absolute Gasteiger partial charge is 0.437 e. The molecular formula is C32H25FN6O4S. The van der Waals surface area contributed by atoms with Crippen molar-refractivity contribution >= 4 is 60.3 Å². The summed E-state index contributed by atoms with van der Waals surface area (Å²) in [5.74, 6) is -0.397. The monoisotopic (exact) mass is 608 g/mol. The highest BCUT2D eigenvalue weighted by Crippen LogP contribution is 2.39. The Morgan fingerprint density at radius 2 is 1.77 bits per heavy atom. The Bertz CT molecular complexity index is 2420. The Hall–Kier alpha value is -5.36. The Morgan fingerprint density at radius 3 is 2.50 bits per heavy atom. The highest BCUT2D eigenvalue weighted by Gasteiger charge is 2.27. The van der Waals surface area contributed by atoms with E-state index in [9.17, 15) is 17.6 Å². The number of rotatable bonds is 5. The Morgan fingerprint density at radius 1 is 1.00 bits per heavy atom. The Kier molecular flexibility index (Phi) is 6.15. The molecular weight excluding hydrogens is 583 g/mol. The van der Waals surface area contributed by atoms with Crippen molar-refractivity contribution in [3.05, 3.63) is 90.0 Å². The molecule has 12 heteroatoms. The number of halogens is 1. The zero-order chi connectivity index (χ0) is 30.9. The lowest BCUT2D eigenvalue weighted by Gasteiger charge is -2.19. The molecule has 0 fully saturated rings. The van der Waals surface area contributed by atoms with Crippen LogP contribution in [-0.2, 0) is 10.0 Å². The number of carbonyl (C=O) groups is 1. The van der Waals surface area contributed by atoms with Crippen molar-refractivity contribution in [2.24, 2.45) is 0 Å². The van der Waals surface area contributed by atoms with Gasteiger partial charge in [0.05, 0.1) is 39.4 Å². The van der Waals surface area contributed by atoms with Crippen LogP contribution >= 0.6 is 0 Å². The molecule has 2 aromatic carbocycles. The lowest BCUT2D eigenvalue weighted by Crippen LogP contribution is -2.26. The van der Waals surface area contributed by atoms with Gasteiger partial charge in [-0.1, -0.05) is 35.9 Å². The number of amides is 1. The molecule has 7 rings (SSSR count). The van der Waals surface area contributed by atoms with Crippen molar-refractivity contribution in [2.45, 2.75) is 6.92 Å². The fourth-order valence-electron chi connectivity index (χ4n) is 5.39. The number of aromatic nitrogens is 4. The highest BCUT2D eigenvalue weighted by atomic mass is 32.2. The number of nitrogens with one attached hydrogen (secondary N) is 1. The molecule has 0 radical (unpaired) electrons. The van der Waals surface area contributed by atoms with Gasteiger partial charge in [0, 0.05) is 30.6 Å². The van der Waals surface area contributed by atoms with Crippen LogP contribution in [0.1, 0.15) is 15.9 Å². The van der Waals surface area contributed by atoms with E-state index in [0.717, 1.165) is 16.1 Å². The maximum Gasteiger partial charge on any atom is 0.255 e. The van der Waals surface area contributed by atoms with Crippen LogP contribution in [0.5, 0.6) is 0 Å². The first-order valence-corrected chi connectivity index (χ1v) is 15.5. The average Bonchev–Trinajstić information content (AvgIpc) is 3.59.